The molecule has 0 unspecified atom stereocenters. The highest BCUT2D eigenvalue weighted by molar-refractivity contribution is 5.96. The van der Waals surface area contributed by atoms with Gasteiger partial charge in [0.2, 0.25) is 5.91 Å². The summed E-state index contributed by atoms with van der Waals surface area (Å²) in [6, 6.07) is 5.72. The number of methoxy groups -OCH3 is 1. The van der Waals surface area contributed by atoms with Gasteiger partial charge in [0.25, 0.3) is 0 Å². The van der Waals surface area contributed by atoms with Gasteiger partial charge >= 0.3 is 12.0 Å². The maximum atomic E-state index is 12.0. The molecule has 0 fully saturated rings. The highest BCUT2D eigenvalue weighted by atomic mass is 16.5. The molecule has 1 rings (SSSR count). The molecule has 0 heterocycles. The van der Waals surface area contributed by atoms with Crippen molar-refractivity contribution in [1.82, 2.24) is 5.32 Å². The first kappa shape index (κ1) is 16.2. The number of anilines is 1. The minimum Gasteiger partial charge on any atom is -0.468 e. The van der Waals surface area contributed by atoms with Gasteiger partial charge in [0.05, 0.1) is 7.11 Å². The molecule has 0 aliphatic carbocycles. The van der Waals surface area contributed by atoms with Crippen molar-refractivity contribution in [3.8, 4) is 0 Å². The van der Waals surface area contributed by atoms with Crippen molar-refractivity contribution >= 4 is 23.6 Å². The van der Waals surface area contributed by atoms with Crippen molar-refractivity contribution in [2.75, 3.05) is 25.1 Å². The number of ether oxygens (including phenoxy) is 1. The molecule has 0 radical (unpaired) electrons. The van der Waals surface area contributed by atoms with Crippen LogP contribution >= 0.6 is 0 Å². The monoisotopic (exact) mass is 291 g/mol. The van der Waals surface area contributed by atoms with E-state index in [0.29, 0.717) is 11.3 Å². The number of hydrogen-bond acceptors (Lipinski definition) is 4. The van der Waals surface area contributed by atoms with Gasteiger partial charge in [0.1, 0.15) is 6.54 Å². The van der Waals surface area contributed by atoms with Crippen molar-refractivity contribution in [2.45, 2.75) is 0 Å². The number of carbonyl (C=O) groups is 3. The first-order valence-electron chi connectivity index (χ1n) is 6.12. The molecule has 0 bridgehead atoms. The van der Waals surface area contributed by atoms with E-state index in [-0.39, 0.29) is 13.1 Å². The molecule has 21 heavy (non-hydrogen) atoms. The number of nitrogens with zero attached hydrogens (tertiary/aromatic N) is 1. The van der Waals surface area contributed by atoms with Gasteiger partial charge in [0.15, 0.2) is 0 Å². The summed E-state index contributed by atoms with van der Waals surface area (Å²) in [6.07, 6.45) is 1.54. The highest BCUT2D eigenvalue weighted by Gasteiger charge is 2.15. The van der Waals surface area contributed by atoms with Crippen molar-refractivity contribution in [3.05, 3.63) is 42.5 Å². The molecule has 0 saturated heterocycles. The van der Waals surface area contributed by atoms with Crippen LogP contribution in [0.5, 0.6) is 0 Å². The Morgan fingerprint density at radius 3 is 2.43 bits per heavy atom. The number of carbonyl (C=O) groups excluding carboxylic acids is 3. The van der Waals surface area contributed by atoms with Gasteiger partial charge in [-0.2, -0.15) is 0 Å². The molecule has 0 saturated carbocycles. The first-order valence-corrected chi connectivity index (χ1v) is 6.12. The summed E-state index contributed by atoms with van der Waals surface area (Å²) in [5.41, 5.74) is 6.04. The van der Waals surface area contributed by atoms with Crippen LogP contribution < -0.4 is 16.0 Å². The number of benzene rings is 1. The van der Waals surface area contributed by atoms with E-state index in [4.69, 9.17) is 5.73 Å². The molecular formula is C14H17N3O4. The quantitative estimate of drug-likeness (QED) is 0.593. The van der Waals surface area contributed by atoms with Crippen molar-refractivity contribution in [1.29, 1.82) is 0 Å². The lowest BCUT2D eigenvalue weighted by Gasteiger charge is -2.21. The molecular weight excluding hydrogens is 274 g/mol. The van der Waals surface area contributed by atoms with Crippen LogP contribution in [-0.2, 0) is 9.53 Å². The Balaban J connectivity index is 2.84. The molecule has 3 N–H and O–H groups in total. The summed E-state index contributed by atoms with van der Waals surface area (Å²) in [7, 11) is 1.23. The van der Waals surface area contributed by atoms with Gasteiger partial charge in [-0.05, 0) is 24.3 Å². The number of esters is 1. The van der Waals surface area contributed by atoms with Crippen LogP contribution in [0.1, 0.15) is 10.4 Å². The van der Waals surface area contributed by atoms with Crippen LogP contribution in [0.25, 0.3) is 0 Å². The zero-order valence-corrected chi connectivity index (χ0v) is 11.7. The first-order chi connectivity index (χ1) is 9.99. The average Bonchev–Trinajstić information content (AvgIpc) is 2.50. The Labute approximate surface area is 122 Å². The van der Waals surface area contributed by atoms with Gasteiger partial charge in [0, 0.05) is 17.8 Å². The molecule has 0 aromatic heterocycles. The molecule has 0 aliphatic heterocycles. The van der Waals surface area contributed by atoms with E-state index in [1.54, 1.807) is 18.2 Å². The van der Waals surface area contributed by atoms with E-state index in [0.717, 1.165) is 0 Å². The number of hydrogen-bond donors (Lipinski definition) is 2. The Hall–Kier alpha value is -2.83. The Kier molecular flexibility index (Phi) is 5.94. The van der Waals surface area contributed by atoms with Crippen LogP contribution in [0.3, 0.4) is 0 Å². The third-order valence-corrected chi connectivity index (χ3v) is 2.63. The third kappa shape index (κ3) is 4.64. The van der Waals surface area contributed by atoms with E-state index >= 15 is 0 Å². The van der Waals surface area contributed by atoms with Gasteiger partial charge in [-0.3, -0.25) is 14.5 Å². The summed E-state index contributed by atoms with van der Waals surface area (Å²) >= 11 is 0. The highest BCUT2D eigenvalue weighted by Crippen LogP contribution is 2.15. The molecule has 1 aromatic rings. The predicted molar refractivity (Wildman–Crippen MR) is 77.9 cm³/mol. The molecule has 3 amide bonds. The third-order valence-electron chi connectivity index (χ3n) is 2.63. The summed E-state index contributed by atoms with van der Waals surface area (Å²) in [5, 5.41) is 2.43. The molecule has 0 aliphatic rings. The number of amides is 3. The summed E-state index contributed by atoms with van der Waals surface area (Å²) in [4.78, 5) is 35.4. The Morgan fingerprint density at radius 2 is 1.95 bits per heavy atom. The smallest absolute Gasteiger partial charge is 0.325 e. The molecule has 1 aromatic carbocycles. The number of rotatable bonds is 6. The van der Waals surface area contributed by atoms with Crippen molar-refractivity contribution in [2.24, 2.45) is 5.73 Å². The molecule has 112 valence electrons. The normalized spacial score (nSPS) is 9.57. The second-order valence-electron chi connectivity index (χ2n) is 4.05. The minimum absolute atomic E-state index is 0.234. The average molecular weight is 291 g/mol. The number of primary amides is 1. The fraction of sp³-hybridized carbons (Fsp3) is 0.214. The van der Waals surface area contributed by atoms with Crippen LogP contribution in [0.4, 0.5) is 10.5 Å². The van der Waals surface area contributed by atoms with Crippen molar-refractivity contribution in [3.63, 3.8) is 0 Å². The second kappa shape index (κ2) is 7.68. The van der Waals surface area contributed by atoms with Crippen LogP contribution in [0, 0.1) is 0 Å². The zero-order chi connectivity index (χ0) is 15.8. The van der Waals surface area contributed by atoms with E-state index in [2.05, 4.69) is 16.6 Å². The topological polar surface area (TPSA) is 102 Å². The molecule has 7 nitrogen and oxygen atoms in total. The maximum absolute atomic E-state index is 12.0. The fourth-order valence-electron chi connectivity index (χ4n) is 1.56. The van der Waals surface area contributed by atoms with E-state index in [1.165, 1.54) is 24.1 Å². The van der Waals surface area contributed by atoms with E-state index < -0.39 is 17.9 Å². The van der Waals surface area contributed by atoms with Crippen LogP contribution in [0.2, 0.25) is 0 Å². The van der Waals surface area contributed by atoms with Gasteiger partial charge in [-0.1, -0.05) is 6.08 Å². The van der Waals surface area contributed by atoms with Gasteiger partial charge < -0.3 is 15.8 Å². The second-order valence-corrected chi connectivity index (χ2v) is 4.05. The maximum Gasteiger partial charge on any atom is 0.325 e. The lowest BCUT2D eigenvalue weighted by Crippen LogP contribution is -2.42. The molecule has 0 atom stereocenters. The number of nitrogens with two attached hydrogens (primary N) is 1. The minimum atomic E-state index is -0.550. The zero-order valence-electron chi connectivity index (χ0n) is 11.7. The standard InChI is InChI=1S/C14H17N3O4/c1-3-8-17(14(20)16-9-12(18)21-2)11-6-4-10(5-7-11)13(15)19/h3-7H,1,8-9H2,2H3,(H2,15,19)(H,16,20). The summed E-state index contributed by atoms with van der Waals surface area (Å²) in [5.74, 6) is -1.10. The van der Waals surface area contributed by atoms with E-state index in [9.17, 15) is 14.4 Å². The number of nitrogens with one attached hydrogen (secondary N) is 1. The van der Waals surface area contributed by atoms with Gasteiger partial charge in [-0.25, -0.2) is 4.79 Å². The predicted octanol–water partition coefficient (Wildman–Crippen LogP) is 0.660. The summed E-state index contributed by atoms with van der Waals surface area (Å²) < 4.78 is 4.44. The fourth-order valence-corrected chi connectivity index (χ4v) is 1.56. The SMILES string of the molecule is C=CCN(C(=O)NCC(=O)OC)c1ccc(C(N)=O)cc1. The Morgan fingerprint density at radius 1 is 1.33 bits per heavy atom. The lowest BCUT2D eigenvalue weighted by molar-refractivity contribution is -0.139. The van der Waals surface area contributed by atoms with E-state index in [1.807, 2.05) is 0 Å². The largest absolute Gasteiger partial charge is 0.468 e. The number of urea groups is 1. The lowest BCUT2D eigenvalue weighted by atomic mass is 10.2. The van der Waals surface area contributed by atoms with Gasteiger partial charge in [-0.15, -0.1) is 6.58 Å². The Bertz CT molecular complexity index is 540. The molecule has 0 spiro atoms. The van der Waals surface area contributed by atoms with Crippen LogP contribution in [0.15, 0.2) is 36.9 Å². The van der Waals surface area contributed by atoms with Crippen molar-refractivity contribution < 1.29 is 19.1 Å². The van der Waals surface area contributed by atoms with Crippen LogP contribution in [-0.4, -0.2) is 38.1 Å². The molecule has 7 heteroatoms. The summed E-state index contributed by atoms with van der Waals surface area (Å²) in [6.45, 7) is 3.58.